The van der Waals surface area contributed by atoms with E-state index in [0.717, 1.165) is 23.9 Å². The molecule has 0 aromatic carbocycles. The van der Waals surface area contributed by atoms with Crippen LogP contribution in [0.1, 0.15) is 30.3 Å². The van der Waals surface area contributed by atoms with Crippen LogP contribution in [-0.2, 0) is 0 Å². The summed E-state index contributed by atoms with van der Waals surface area (Å²) >= 11 is 3.30. The van der Waals surface area contributed by atoms with E-state index in [1.54, 1.807) is 12.3 Å². The molecule has 0 spiro atoms. The minimum absolute atomic E-state index is 0.0865. The van der Waals surface area contributed by atoms with E-state index in [4.69, 9.17) is 0 Å². The van der Waals surface area contributed by atoms with Crippen LogP contribution in [0.3, 0.4) is 0 Å². The number of halogens is 1. The van der Waals surface area contributed by atoms with Crippen LogP contribution in [0.5, 0.6) is 0 Å². The average molecular weight is 298 g/mol. The van der Waals surface area contributed by atoms with Gasteiger partial charge < -0.3 is 10.6 Å². The highest BCUT2D eigenvalue weighted by Crippen LogP contribution is 2.10. The molecule has 0 radical (unpaired) electrons. The Morgan fingerprint density at radius 1 is 1.59 bits per heavy atom. The summed E-state index contributed by atoms with van der Waals surface area (Å²) in [6.07, 6.45) is 3.59. The number of rotatable bonds is 2. The largest absolute Gasteiger partial charge is 0.348 e. The maximum Gasteiger partial charge on any atom is 0.270 e. The Morgan fingerprint density at radius 3 is 3.06 bits per heavy atom. The molecule has 0 bridgehead atoms. The zero-order valence-electron chi connectivity index (χ0n) is 9.74. The zero-order valence-corrected chi connectivity index (χ0v) is 11.3. The highest BCUT2D eigenvalue weighted by molar-refractivity contribution is 9.10. The predicted molar refractivity (Wildman–Crippen MR) is 69.9 cm³/mol. The van der Waals surface area contributed by atoms with Gasteiger partial charge in [-0.25, -0.2) is 4.98 Å². The molecular formula is C12H16BrN3O. The summed E-state index contributed by atoms with van der Waals surface area (Å²) in [7, 11) is 0. The van der Waals surface area contributed by atoms with Crippen molar-refractivity contribution in [3.8, 4) is 0 Å². The van der Waals surface area contributed by atoms with E-state index >= 15 is 0 Å². The molecule has 1 amide bonds. The molecule has 2 heterocycles. The predicted octanol–water partition coefficient (Wildman–Crippen LogP) is 1.71. The van der Waals surface area contributed by atoms with E-state index in [9.17, 15) is 4.79 Å². The smallest absolute Gasteiger partial charge is 0.270 e. The number of carbonyl (C=O) groups excluding carboxylic acids is 1. The van der Waals surface area contributed by atoms with Crippen molar-refractivity contribution in [1.29, 1.82) is 0 Å². The first-order valence-electron chi connectivity index (χ1n) is 5.81. The third-order valence-corrected chi connectivity index (χ3v) is 3.39. The van der Waals surface area contributed by atoms with Gasteiger partial charge in [0.05, 0.1) is 0 Å². The van der Waals surface area contributed by atoms with E-state index in [1.807, 2.05) is 6.07 Å². The standard InChI is InChI=1S/C12H16BrN3O/c1-8-6-10(4-5-14-8)16-12(17)11-3-2-9(13)7-15-11/h2-3,7-8,10,14H,4-6H2,1H3,(H,16,17). The van der Waals surface area contributed by atoms with Crippen molar-refractivity contribution in [3.05, 3.63) is 28.5 Å². The molecule has 4 nitrogen and oxygen atoms in total. The lowest BCUT2D eigenvalue weighted by Crippen LogP contribution is -2.46. The van der Waals surface area contributed by atoms with E-state index < -0.39 is 0 Å². The fourth-order valence-corrected chi connectivity index (χ4v) is 2.27. The summed E-state index contributed by atoms with van der Waals surface area (Å²) in [4.78, 5) is 16.0. The highest BCUT2D eigenvalue weighted by Gasteiger charge is 2.20. The SMILES string of the molecule is CC1CC(NC(=O)c2ccc(Br)cn2)CCN1. The van der Waals surface area contributed by atoms with Gasteiger partial charge >= 0.3 is 0 Å². The van der Waals surface area contributed by atoms with Crippen molar-refractivity contribution >= 4 is 21.8 Å². The number of piperidine rings is 1. The Labute approximate surface area is 109 Å². The summed E-state index contributed by atoms with van der Waals surface area (Å²) in [5, 5.41) is 6.39. The summed E-state index contributed by atoms with van der Waals surface area (Å²) in [6, 6.07) is 4.27. The van der Waals surface area contributed by atoms with Gasteiger partial charge in [-0.1, -0.05) is 0 Å². The molecule has 0 saturated carbocycles. The van der Waals surface area contributed by atoms with Gasteiger partial charge in [-0.2, -0.15) is 0 Å². The van der Waals surface area contributed by atoms with Crippen molar-refractivity contribution in [2.45, 2.75) is 31.8 Å². The number of nitrogens with zero attached hydrogens (tertiary/aromatic N) is 1. The first-order valence-corrected chi connectivity index (χ1v) is 6.60. The molecule has 5 heteroatoms. The Bertz CT molecular complexity index is 393. The van der Waals surface area contributed by atoms with Crippen LogP contribution in [-0.4, -0.2) is 29.5 Å². The van der Waals surface area contributed by atoms with Crippen LogP contribution >= 0.6 is 15.9 Å². The zero-order chi connectivity index (χ0) is 12.3. The molecule has 1 aliphatic heterocycles. The van der Waals surface area contributed by atoms with Gasteiger partial charge in [0.15, 0.2) is 0 Å². The third-order valence-electron chi connectivity index (χ3n) is 2.92. The van der Waals surface area contributed by atoms with Crippen molar-refractivity contribution in [2.24, 2.45) is 0 Å². The summed E-state index contributed by atoms with van der Waals surface area (Å²) in [5.74, 6) is -0.0865. The van der Waals surface area contributed by atoms with E-state index in [1.165, 1.54) is 0 Å². The Hall–Kier alpha value is -0.940. The highest BCUT2D eigenvalue weighted by atomic mass is 79.9. The van der Waals surface area contributed by atoms with Gasteiger partial charge in [0.1, 0.15) is 5.69 Å². The topological polar surface area (TPSA) is 54.0 Å². The number of hydrogen-bond acceptors (Lipinski definition) is 3. The summed E-state index contributed by atoms with van der Waals surface area (Å²) in [6.45, 7) is 3.09. The van der Waals surface area contributed by atoms with Gasteiger partial charge in [0, 0.05) is 22.8 Å². The minimum Gasteiger partial charge on any atom is -0.348 e. The lowest BCUT2D eigenvalue weighted by atomic mass is 10.0. The third kappa shape index (κ3) is 3.51. The second kappa shape index (κ2) is 5.60. The fraction of sp³-hybridized carbons (Fsp3) is 0.500. The van der Waals surface area contributed by atoms with Gasteiger partial charge in [0.2, 0.25) is 0 Å². The van der Waals surface area contributed by atoms with Crippen LogP contribution < -0.4 is 10.6 Å². The summed E-state index contributed by atoms with van der Waals surface area (Å²) < 4.78 is 0.879. The number of carbonyl (C=O) groups is 1. The minimum atomic E-state index is -0.0865. The maximum absolute atomic E-state index is 11.9. The first kappa shape index (κ1) is 12.5. The van der Waals surface area contributed by atoms with Gasteiger partial charge in [0.25, 0.3) is 5.91 Å². The number of aromatic nitrogens is 1. The molecule has 92 valence electrons. The molecule has 2 atom stereocenters. The Balaban J connectivity index is 1.94. The van der Waals surface area contributed by atoms with Gasteiger partial charge in [-0.3, -0.25) is 4.79 Å². The average Bonchev–Trinajstić information content (AvgIpc) is 2.29. The number of hydrogen-bond donors (Lipinski definition) is 2. The van der Waals surface area contributed by atoms with Crippen LogP contribution in [0.2, 0.25) is 0 Å². The van der Waals surface area contributed by atoms with Gasteiger partial charge in [-0.05, 0) is 54.4 Å². The van der Waals surface area contributed by atoms with Crippen LogP contribution in [0.25, 0.3) is 0 Å². The maximum atomic E-state index is 11.9. The van der Waals surface area contributed by atoms with E-state index in [-0.39, 0.29) is 11.9 Å². The Kier molecular flexibility index (Phi) is 4.12. The molecule has 2 unspecified atom stereocenters. The number of nitrogens with one attached hydrogen (secondary N) is 2. The molecule has 1 aliphatic rings. The monoisotopic (exact) mass is 297 g/mol. The lowest BCUT2D eigenvalue weighted by molar-refractivity contribution is 0.0920. The summed E-state index contributed by atoms with van der Waals surface area (Å²) in [5.41, 5.74) is 0.472. The van der Waals surface area contributed by atoms with Crippen molar-refractivity contribution < 1.29 is 4.79 Å². The molecule has 1 aromatic rings. The quantitative estimate of drug-likeness (QED) is 0.874. The lowest BCUT2D eigenvalue weighted by Gasteiger charge is -2.28. The fourth-order valence-electron chi connectivity index (χ4n) is 2.03. The molecule has 0 aliphatic carbocycles. The van der Waals surface area contributed by atoms with E-state index in [2.05, 4.69) is 38.5 Å². The second-order valence-electron chi connectivity index (χ2n) is 4.41. The van der Waals surface area contributed by atoms with E-state index in [0.29, 0.717) is 11.7 Å². The Morgan fingerprint density at radius 2 is 2.41 bits per heavy atom. The molecule has 1 aromatic heterocycles. The van der Waals surface area contributed by atoms with Crippen LogP contribution in [0.15, 0.2) is 22.8 Å². The van der Waals surface area contributed by atoms with Gasteiger partial charge in [-0.15, -0.1) is 0 Å². The van der Waals surface area contributed by atoms with Crippen molar-refractivity contribution in [2.75, 3.05) is 6.54 Å². The number of pyridine rings is 1. The van der Waals surface area contributed by atoms with Crippen molar-refractivity contribution in [1.82, 2.24) is 15.6 Å². The van der Waals surface area contributed by atoms with Crippen LogP contribution in [0.4, 0.5) is 0 Å². The molecule has 1 fully saturated rings. The normalized spacial score (nSPS) is 24.4. The van der Waals surface area contributed by atoms with Crippen LogP contribution in [0, 0.1) is 0 Å². The molecule has 17 heavy (non-hydrogen) atoms. The molecule has 2 N–H and O–H groups in total. The first-order chi connectivity index (χ1) is 8.15. The van der Waals surface area contributed by atoms with Crippen molar-refractivity contribution in [3.63, 3.8) is 0 Å². The molecule has 1 saturated heterocycles. The number of amides is 1. The molecule has 2 rings (SSSR count). The molecular weight excluding hydrogens is 282 g/mol. The second-order valence-corrected chi connectivity index (χ2v) is 5.33.